The lowest BCUT2D eigenvalue weighted by Gasteiger charge is -2.35. The highest BCUT2D eigenvalue weighted by molar-refractivity contribution is 6.30. The van der Waals surface area contributed by atoms with Gasteiger partial charge in [-0.05, 0) is 74.2 Å². The number of nitrogens with one attached hydrogen (secondary N) is 1. The fourth-order valence-corrected chi connectivity index (χ4v) is 4.00. The normalized spacial score (nSPS) is 14.1. The summed E-state index contributed by atoms with van der Waals surface area (Å²) in [6.07, 6.45) is -3.29. The van der Waals surface area contributed by atoms with Crippen molar-refractivity contribution >= 4 is 17.6 Å². The van der Waals surface area contributed by atoms with Crippen LogP contribution in [0, 0.1) is 12.7 Å². The Morgan fingerprint density at radius 3 is 2.37 bits per heavy atom. The summed E-state index contributed by atoms with van der Waals surface area (Å²) < 4.78 is 55.6. The summed E-state index contributed by atoms with van der Waals surface area (Å²) >= 11 is 6.03. The minimum absolute atomic E-state index is 0.00370. The molecular weight excluding hydrogens is 482 g/mol. The number of benzene rings is 2. The highest BCUT2D eigenvalue weighted by atomic mass is 35.5. The van der Waals surface area contributed by atoms with Gasteiger partial charge in [0, 0.05) is 18.3 Å². The largest absolute Gasteiger partial charge is 0.846 e. The number of amidine groups is 1. The highest BCUT2D eigenvalue weighted by Crippen LogP contribution is 2.40. The van der Waals surface area contributed by atoms with E-state index < -0.39 is 29.0 Å². The van der Waals surface area contributed by atoms with E-state index in [4.69, 9.17) is 11.6 Å². The maximum Gasteiger partial charge on any atom is 0.416 e. The Labute approximate surface area is 206 Å². The van der Waals surface area contributed by atoms with Gasteiger partial charge in [0.2, 0.25) is 0 Å². The van der Waals surface area contributed by atoms with Crippen molar-refractivity contribution in [3.63, 3.8) is 0 Å². The first-order valence-electron chi connectivity index (χ1n) is 10.9. The van der Waals surface area contributed by atoms with Crippen molar-refractivity contribution < 1.29 is 22.7 Å². The van der Waals surface area contributed by atoms with Crippen molar-refractivity contribution in [2.45, 2.75) is 44.8 Å². The lowest BCUT2D eigenvalue weighted by Crippen LogP contribution is -2.42. The average molecular weight is 507 g/mol. The Balaban J connectivity index is 2.32. The molecule has 0 amide bonds. The second-order valence-corrected chi connectivity index (χ2v) is 9.13. The predicted molar refractivity (Wildman–Crippen MR) is 127 cm³/mol. The van der Waals surface area contributed by atoms with Crippen molar-refractivity contribution in [3.05, 3.63) is 99.6 Å². The SMILES string of the molecule is Cc1ccccc1C[C@@](CN=C([O-])NC(C)C)(c1cc(F)cc(C(F)(F)F)c1)c1ccc(Cl)cn1. The first kappa shape index (κ1) is 26.5. The fraction of sp³-hybridized carbons (Fsp3) is 0.308. The molecule has 0 radical (unpaired) electrons. The van der Waals surface area contributed by atoms with E-state index in [1.807, 2.05) is 25.1 Å². The third kappa shape index (κ3) is 6.51. The van der Waals surface area contributed by atoms with Crippen LogP contribution in [0.3, 0.4) is 0 Å². The van der Waals surface area contributed by atoms with Crippen LogP contribution in [-0.2, 0) is 18.0 Å². The summed E-state index contributed by atoms with van der Waals surface area (Å²) in [5.41, 5.74) is -0.546. The molecule has 0 aliphatic heterocycles. The van der Waals surface area contributed by atoms with E-state index in [1.165, 1.54) is 6.20 Å². The number of aliphatic imine (C=N–C) groups is 1. The van der Waals surface area contributed by atoms with E-state index in [-0.39, 0.29) is 24.6 Å². The third-order valence-electron chi connectivity index (χ3n) is 5.65. The van der Waals surface area contributed by atoms with Gasteiger partial charge in [-0.3, -0.25) is 9.98 Å². The molecule has 1 N–H and O–H groups in total. The highest BCUT2D eigenvalue weighted by Gasteiger charge is 2.40. The monoisotopic (exact) mass is 506 g/mol. The molecule has 0 spiro atoms. The molecule has 0 unspecified atom stereocenters. The van der Waals surface area contributed by atoms with Gasteiger partial charge in [0.05, 0.1) is 28.2 Å². The summed E-state index contributed by atoms with van der Waals surface area (Å²) in [7, 11) is 0. The summed E-state index contributed by atoms with van der Waals surface area (Å²) in [6.45, 7) is 5.12. The van der Waals surface area contributed by atoms with E-state index >= 15 is 0 Å². The predicted octanol–water partition coefficient (Wildman–Crippen LogP) is 5.44. The minimum Gasteiger partial charge on any atom is -0.846 e. The van der Waals surface area contributed by atoms with Gasteiger partial charge in [-0.15, -0.1) is 0 Å². The zero-order valence-corrected chi connectivity index (χ0v) is 20.2. The minimum atomic E-state index is -4.77. The molecule has 0 saturated carbocycles. The number of nitrogens with zero attached hydrogens (tertiary/aromatic N) is 2. The van der Waals surface area contributed by atoms with E-state index in [1.54, 1.807) is 32.0 Å². The van der Waals surface area contributed by atoms with Crippen LogP contribution < -0.4 is 10.4 Å². The van der Waals surface area contributed by atoms with Crippen LogP contribution in [-0.4, -0.2) is 23.6 Å². The molecule has 186 valence electrons. The van der Waals surface area contributed by atoms with E-state index in [0.717, 1.165) is 23.3 Å². The van der Waals surface area contributed by atoms with Crippen LogP contribution in [0.25, 0.3) is 0 Å². The fourth-order valence-electron chi connectivity index (χ4n) is 3.89. The van der Waals surface area contributed by atoms with Gasteiger partial charge < -0.3 is 10.4 Å². The second kappa shape index (κ2) is 10.6. The zero-order valence-electron chi connectivity index (χ0n) is 19.5. The standard InChI is InChI=1S/C26H26ClF4N3O/c1-16(2)34-24(35)33-15-25(23-9-8-21(27)14-32-23,13-18-7-5-4-6-17(18)3)19-10-20(26(29,30)31)12-22(28)11-19/h4-12,14,16H,13,15H2,1-3H3,(H2,33,34,35)/p-1/t25-/m1/s1. The van der Waals surface area contributed by atoms with Crippen LogP contribution in [0.1, 0.15) is 41.8 Å². The molecule has 0 aliphatic rings. The number of pyridine rings is 1. The number of hydrogen-bond donors (Lipinski definition) is 1. The molecule has 0 saturated heterocycles. The molecular formula is C26H25ClF4N3O-. The van der Waals surface area contributed by atoms with Crippen LogP contribution in [0.4, 0.5) is 17.6 Å². The number of aromatic nitrogens is 1. The van der Waals surface area contributed by atoms with Crippen molar-refractivity contribution in [1.82, 2.24) is 10.3 Å². The van der Waals surface area contributed by atoms with E-state index in [9.17, 15) is 22.7 Å². The van der Waals surface area contributed by atoms with Gasteiger partial charge in [0.1, 0.15) is 5.82 Å². The second-order valence-electron chi connectivity index (χ2n) is 8.69. The number of aryl methyl sites for hydroxylation is 1. The van der Waals surface area contributed by atoms with Crippen molar-refractivity contribution in [1.29, 1.82) is 0 Å². The molecule has 0 aliphatic carbocycles. The van der Waals surface area contributed by atoms with Crippen LogP contribution >= 0.6 is 11.6 Å². The number of hydrogen-bond acceptors (Lipinski definition) is 3. The van der Waals surface area contributed by atoms with Gasteiger partial charge in [-0.25, -0.2) is 4.39 Å². The van der Waals surface area contributed by atoms with Crippen LogP contribution in [0.5, 0.6) is 0 Å². The molecule has 0 bridgehead atoms. The van der Waals surface area contributed by atoms with E-state index in [0.29, 0.717) is 16.8 Å². The molecule has 3 aromatic rings. The first-order chi connectivity index (χ1) is 16.4. The molecule has 35 heavy (non-hydrogen) atoms. The molecule has 3 rings (SSSR count). The lowest BCUT2D eigenvalue weighted by atomic mass is 9.71. The van der Waals surface area contributed by atoms with Gasteiger partial charge in [-0.2, -0.15) is 13.2 Å². The molecule has 9 heteroatoms. The van der Waals surface area contributed by atoms with Gasteiger partial charge in [-0.1, -0.05) is 35.9 Å². The zero-order chi connectivity index (χ0) is 25.8. The van der Waals surface area contributed by atoms with Gasteiger partial charge in [0.25, 0.3) is 0 Å². The average Bonchev–Trinajstić information content (AvgIpc) is 2.77. The Hall–Kier alpha value is -3.13. The Morgan fingerprint density at radius 2 is 1.77 bits per heavy atom. The molecule has 1 aromatic heterocycles. The van der Waals surface area contributed by atoms with E-state index in [2.05, 4.69) is 15.3 Å². The third-order valence-corrected chi connectivity index (χ3v) is 5.88. The molecule has 1 heterocycles. The summed E-state index contributed by atoms with van der Waals surface area (Å²) in [5.74, 6) is -1.05. The maximum atomic E-state index is 14.6. The lowest BCUT2D eigenvalue weighted by molar-refractivity contribution is -0.222. The molecule has 1 atom stereocenters. The van der Waals surface area contributed by atoms with Crippen molar-refractivity contribution in [2.24, 2.45) is 4.99 Å². The van der Waals surface area contributed by atoms with Crippen molar-refractivity contribution in [2.75, 3.05) is 6.54 Å². The van der Waals surface area contributed by atoms with Gasteiger partial charge in [0.15, 0.2) is 0 Å². The quantitative estimate of drug-likeness (QED) is 0.263. The Kier molecular flexibility index (Phi) is 8.05. The summed E-state index contributed by atoms with van der Waals surface area (Å²) in [5, 5.41) is 15.4. The number of halogens is 5. The molecule has 0 fully saturated rings. The topological polar surface area (TPSA) is 60.3 Å². The van der Waals surface area contributed by atoms with Crippen molar-refractivity contribution in [3.8, 4) is 0 Å². The Morgan fingerprint density at radius 1 is 1.09 bits per heavy atom. The summed E-state index contributed by atoms with van der Waals surface area (Å²) in [6, 6.07) is 12.0. The number of alkyl halides is 3. The van der Waals surface area contributed by atoms with Gasteiger partial charge >= 0.3 is 6.18 Å². The molecule has 4 nitrogen and oxygen atoms in total. The summed E-state index contributed by atoms with van der Waals surface area (Å²) in [4.78, 5) is 8.52. The molecule has 2 aromatic carbocycles. The van der Waals surface area contributed by atoms with Crippen LogP contribution in [0.2, 0.25) is 5.02 Å². The Bertz CT molecular complexity index is 1200. The number of rotatable bonds is 7. The first-order valence-corrected chi connectivity index (χ1v) is 11.3. The maximum absolute atomic E-state index is 14.6. The smallest absolute Gasteiger partial charge is 0.416 e. The van der Waals surface area contributed by atoms with Crippen LogP contribution in [0.15, 0.2) is 65.8 Å².